The Morgan fingerprint density at radius 1 is 1.35 bits per heavy atom. The van der Waals surface area contributed by atoms with Gasteiger partial charge in [0.2, 0.25) is 0 Å². The van der Waals surface area contributed by atoms with Gasteiger partial charge >= 0.3 is 0 Å². The van der Waals surface area contributed by atoms with Crippen molar-refractivity contribution in [3.05, 3.63) is 28.8 Å². The molecule has 0 spiro atoms. The van der Waals surface area contributed by atoms with Gasteiger partial charge < -0.3 is 14.6 Å². The summed E-state index contributed by atoms with van der Waals surface area (Å²) in [6, 6.07) is 5.40. The Hall–Kier alpha value is -1.66. The molecule has 108 valence electrons. The van der Waals surface area contributed by atoms with Crippen LogP contribution in [-0.2, 0) is 6.61 Å². The average Bonchev–Trinajstić information content (AvgIpc) is 2.85. The van der Waals surface area contributed by atoms with Crippen LogP contribution in [0.3, 0.4) is 0 Å². The van der Waals surface area contributed by atoms with Crippen molar-refractivity contribution in [3.8, 4) is 22.1 Å². The van der Waals surface area contributed by atoms with E-state index in [1.54, 1.807) is 12.1 Å². The van der Waals surface area contributed by atoms with Crippen LogP contribution in [0.1, 0.15) is 10.6 Å². The molecule has 0 amide bonds. The molecule has 0 saturated carbocycles. The van der Waals surface area contributed by atoms with Crippen LogP contribution < -0.4 is 9.47 Å². The van der Waals surface area contributed by atoms with Gasteiger partial charge in [0.05, 0.1) is 19.4 Å². The van der Waals surface area contributed by atoms with Crippen LogP contribution >= 0.6 is 11.3 Å². The zero-order valence-corrected chi connectivity index (χ0v) is 12.2. The van der Waals surface area contributed by atoms with E-state index in [-0.39, 0.29) is 13.2 Å². The number of aryl methyl sites for hydroxylation is 1. The molecule has 1 aromatic heterocycles. The van der Waals surface area contributed by atoms with Crippen molar-refractivity contribution >= 4 is 11.3 Å². The molecule has 0 bridgehead atoms. The van der Waals surface area contributed by atoms with Gasteiger partial charge in [-0.25, -0.2) is 9.37 Å². The van der Waals surface area contributed by atoms with Gasteiger partial charge in [-0.1, -0.05) is 0 Å². The summed E-state index contributed by atoms with van der Waals surface area (Å²) in [4.78, 5) is 5.35. The van der Waals surface area contributed by atoms with E-state index in [1.165, 1.54) is 18.4 Å². The van der Waals surface area contributed by atoms with Crippen LogP contribution in [0.2, 0.25) is 0 Å². The van der Waals surface area contributed by atoms with Gasteiger partial charge in [-0.3, -0.25) is 0 Å². The minimum absolute atomic E-state index is 0.0153. The minimum atomic E-state index is -0.557. The molecule has 0 saturated heterocycles. The van der Waals surface area contributed by atoms with E-state index in [0.29, 0.717) is 17.2 Å². The van der Waals surface area contributed by atoms with Crippen molar-refractivity contribution < 1.29 is 19.0 Å². The van der Waals surface area contributed by atoms with E-state index >= 15 is 0 Å². The number of benzene rings is 1. The van der Waals surface area contributed by atoms with Crippen molar-refractivity contribution in [3.63, 3.8) is 0 Å². The third-order valence-corrected chi connectivity index (χ3v) is 3.85. The Bertz CT molecular complexity index is 586. The lowest BCUT2D eigenvalue weighted by atomic mass is 10.2. The molecule has 0 atom stereocenters. The molecule has 1 heterocycles. The highest BCUT2D eigenvalue weighted by molar-refractivity contribution is 7.15. The number of hydrogen-bond acceptors (Lipinski definition) is 5. The van der Waals surface area contributed by atoms with Gasteiger partial charge in [0.25, 0.3) is 0 Å². The van der Waals surface area contributed by atoms with Crippen molar-refractivity contribution in [1.82, 2.24) is 4.98 Å². The fourth-order valence-corrected chi connectivity index (χ4v) is 2.69. The molecule has 1 aromatic carbocycles. The second-order valence-corrected chi connectivity index (χ2v) is 5.29. The normalized spacial score (nSPS) is 10.6. The number of alkyl halides is 1. The number of rotatable bonds is 6. The number of aliphatic hydroxyl groups excluding tert-OH is 1. The molecule has 1 N–H and O–H groups in total. The highest BCUT2D eigenvalue weighted by Crippen LogP contribution is 2.35. The molecule has 0 fully saturated rings. The summed E-state index contributed by atoms with van der Waals surface area (Å²) in [5, 5.41) is 9.98. The van der Waals surface area contributed by atoms with E-state index in [0.717, 1.165) is 15.4 Å². The number of aliphatic hydroxyl groups is 1. The summed E-state index contributed by atoms with van der Waals surface area (Å²) in [6.45, 7) is 1.26. The monoisotopic (exact) mass is 297 g/mol. The lowest BCUT2D eigenvalue weighted by molar-refractivity contribution is 0.260. The molecule has 0 unspecified atom stereocenters. The van der Waals surface area contributed by atoms with Gasteiger partial charge in [-0.2, -0.15) is 0 Å². The maximum atomic E-state index is 12.2. The van der Waals surface area contributed by atoms with E-state index in [2.05, 4.69) is 4.98 Å². The molecule has 0 aliphatic rings. The maximum absolute atomic E-state index is 12.2. The van der Waals surface area contributed by atoms with Crippen LogP contribution in [0.4, 0.5) is 4.39 Å². The Kier molecular flexibility index (Phi) is 4.92. The van der Waals surface area contributed by atoms with Crippen LogP contribution in [0, 0.1) is 6.92 Å². The van der Waals surface area contributed by atoms with E-state index in [9.17, 15) is 9.50 Å². The largest absolute Gasteiger partial charge is 0.493 e. The number of ether oxygens (including phenoxy) is 2. The molecule has 0 aliphatic carbocycles. The second-order valence-electron chi connectivity index (χ2n) is 4.08. The summed E-state index contributed by atoms with van der Waals surface area (Å²) in [7, 11) is 1.54. The van der Waals surface area contributed by atoms with Crippen molar-refractivity contribution in [1.29, 1.82) is 0 Å². The van der Waals surface area contributed by atoms with Gasteiger partial charge in [-0.05, 0) is 25.1 Å². The zero-order chi connectivity index (χ0) is 14.5. The summed E-state index contributed by atoms with van der Waals surface area (Å²) in [5.74, 6) is 1.04. The predicted molar refractivity (Wildman–Crippen MR) is 76.2 cm³/mol. The molecule has 0 aliphatic heterocycles. The molecule has 2 rings (SSSR count). The Morgan fingerprint density at radius 3 is 2.75 bits per heavy atom. The third-order valence-electron chi connectivity index (χ3n) is 2.79. The number of aromatic nitrogens is 1. The van der Waals surface area contributed by atoms with Gasteiger partial charge in [0.15, 0.2) is 11.5 Å². The first-order valence-corrected chi connectivity index (χ1v) is 6.95. The molecule has 6 heteroatoms. The number of nitrogens with zero attached hydrogens (tertiary/aromatic N) is 1. The lowest BCUT2D eigenvalue weighted by Gasteiger charge is -2.10. The van der Waals surface area contributed by atoms with Crippen LogP contribution in [0.25, 0.3) is 10.6 Å². The van der Waals surface area contributed by atoms with Gasteiger partial charge in [-0.15, -0.1) is 11.3 Å². The molecule has 0 radical (unpaired) electrons. The van der Waals surface area contributed by atoms with Crippen LogP contribution in [0.5, 0.6) is 11.5 Å². The second kappa shape index (κ2) is 6.67. The number of thiazole rings is 1. The number of halogens is 1. The first-order chi connectivity index (χ1) is 9.69. The first kappa shape index (κ1) is 14.7. The Labute approximate surface area is 120 Å². The molecular weight excluding hydrogens is 281 g/mol. The molecule has 2 aromatic rings. The fourth-order valence-electron chi connectivity index (χ4n) is 1.77. The maximum Gasteiger partial charge on any atom is 0.161 e. The SMILES string of the molecule is COc1ccc(-c2nc(CO)c(C)s2)cc1OCCF. The highest BCUT2D eigenvalue weighted by Gasteiger charge is 2.12. The van der Waals surface area contributed by atoms with Crippen molar-refractivity contribution in [2.24, 2.45) is 0 Å². The molecular formula is C14H16FNO3S. The number of methoxy groups -OCH3 is 1. The van der Waals surface area contributed by atoms with Crippen LogP contribution in [0.15, 0.2) is 18.2 Å². The van der Waals surface area contributed by atoms with Gasteiger partial charge in [0.1, 0.15) is 18.3 Å². The topological polar surface area (TPSA) is 51.6 Å². The summed E-state index contributed by atoms with van der Waals surface area (Å²) in [5.41, 5.74) is 1.53. The van der Waals surface area contributed by atoms with Gasteiger partial charge in [0, 0.05) is 10.4 Å². The predicted octanol–water partition coefficient (Wildman–Crippen LogP) is 2.97. The molecule has 4 nitrogen and oxygen atoms in total. The lowest BCUT2D eigenvalue weighted by Crippen LogP contribution is -2.00. The average molecular weight is 297 g/mol. The summed E-state index contributed by atoms with van der Waals surface area (Å²) < 4.78 is 22.7. The standard InChI is InChI=1S/C14H16FNO3S/c1-9-11(8-17)16-14(20-9)10-3-4-12(18-2)13(7-10)19-6-5-15/h3-4,7,17H,5-6,8H2,1-2H3. The van der Waals surface area contributed by atoms with Crippen LogP contribution in [-0.4, -0.2) is 30.5 Å². The first-order valence-electron chi connectivity index (χ1n) is 6.14. The van der Waals surface area contributed by atoms with Crippen molar-refractivity contribution in [2.75, 3.05) is 20.4 Å². The quantitative estimate of drug-likeness (QED) is 0.890. The Balaban J connectivity index is 2.36. The fraction of sp³-hybridized carbons (Fsp3) is 0.357. The smallest absolute Gasteiger partial charge is 0.161 e. The Morgan fingerprint density at radius 2 is 2.15 bits per heavy atom. The minimum Gasteiger partial charge on any atom is -0.493 e. The van der Waals surface area contributed by atoms with E-state index < -0.39 is 6.67 Å². The van der Waals surface area contributed by atoms with E-state index in [1.807, 2.05) is 13.0 Å². The third kappa shape index (κ3) is 3.08. The summed E-state index contributed by atoms with van der Waals surface area (Å²) in [6.07, 6.45) is 0. The highest BCUT2D eigenvalue weighted by atomic mass is 32.1. The van der Waals surface area contributed by atoms with E-state index in [4.69, 9.17) is 9.47 Å². The zero-order valence-electron chi connectivity index (χ0n) is 11.4. The van der Waals surface area contributed by atoms with Crippen molar-refractivity contribution in [2.45, 2.75) is 13.5 Å². The molecule has 20 heavy (non-hydrogen) atoms. The summed E-state index contributed by atoms with van der Waals surface area (Å²) >= 11 is 1.50. The number of hydrogen-bond donors (Lipinski definition) is 1.